The van der Waals surface area contributed by atoms with Gasteiger partial charge in [-0.3, -0.25) is 0 Å². The minimum atomic E-state index is -3.65. The standard InChI is InChI=1S/C23H18N4O3S3/c1-15-7-12-20(32-15)23-25-19(14-31-23)16-8-10-17(11-9-16)22-26-21(30-27-22)13-24-33(28,29)18-5-3-2-4-6-18/h2-12,14,24H,13H2,1H3. The molecular weight excluding hydrogens is 476 g/mol. The summed E-state index contributed by atoms with van der Waals surface area (Å²) in [6, 6.07) is 20.0. The Bertz CT molecular complexity index is 1490. The Hall–Kier alpha value is -3.18. The Balaban J connectivity index is 1.27. The molecule has 0 bridgehead atoms. The van der Waals surface area contributed by atoms with Crippen LogP contribution < -0.4 is 4.72 Å². The van der Waals surface area contributed by atoms with E-state index in [-0.39, 0.29) is 17.3 Å². The molecule has 0 amide bonds. The Morgan fingerprint density at radius 1 is 0.939 bits per heavy atom. The van der Waals surface area contributed by atoms with Gasteiger partial charge in [0.15, 0.2) is 0 Å². The van der Waals surface area contributed by atoms with Gasteiger partial charge in [-0.2, -0.15) is 4.98 Å². The minimum absolute atomic E-state index is 0.0912. The number of thiophene rings is 1. The lowest BCUT2D eigenvalue weighted by molar-refractivity contribution is 0.376. The predicted molar refractivity (Wildman–Crippen MR) is 129 cm³/mol. The Morgan fingerprint density at radius 2 is 1.70 bits per heavy atom. The van der Waals surface area contributed by atoms with E-state index in [0.29, 0.717) is 5.82 Å². The van der Waals surface area contributed by atoms with Crippen molar-refractivity contribution in [2.24, 2.45) is 0 Å². The number of thiazole rings is 1. The maximum Gasteiger partial charge on any atom is 0.242 e. The normalized spacial score (nSPS) is 11.7. The maximum atomic E-state index is 12.3. The van der Waals surface area contributed by atoms with E-state index in [2.05, 4.69) is 33.9 Å². The third-order valence-electron chi connectivity index (χ3n) is 4.83. The zero-order valence-electron chi connectivity index (χ0n) is 17.4. The molecule has 1 N–H and O–H groups in total. The summed E-state index contributed by atoms with van der Waals surface area (Å²) in [7, 11) is -3.65. The van der Waals surface area contributed by atoms with Crippen molar-refractivity contribution in [3.05, 3.63) is 82.9 Å². The highest BCUT2D eigenvalue weighted by Gasteiger charge is 2.16. The molecule has 0 aliphatic rings. The highest BCUT2D eigenvalue weighted by molar-refractivity contribution is 7.89. The largest absolute Gasteiger partial charge is 0.338 e. The molecule has 3 heterocycles. The highest BCUT2D eigenvalue weighted by atomic mass is 32.2. The van der Waals surface area contributed by atoms with Crippen molar-refractivity contribution < 1.29 is 12.9 Å². The second kappa shape index (κ2) is 8.99. The summed E-state index contributed by atoms with van der Waals surface area (Å²) in [5.41, 5.74) is 2.68. The van der Waals surface area contributed by atoms with E-state index in [0.717, 1.165) is 21.8 Å². The summed E-state index contributed by atoms with van der Waals surface area (Å²) in [4.78, 5) is 11.7. The zero-order valence-corrected chi connectivity index (χ0v) is 19.9. The zero-order chi connectivity index (χ0) is 22.8. The third kappa shape index (κ3) is 4.79. The Kier molecular flexibility index (Phi) is 5.90. The van der Waals surface area contributed by atoms with Gasteiger partial charge < -0.3 is 4.52 Å². The molecule has 0 saturated heterocycles. The van der Waals surface area contributed by atoms with Gasteiger partial charge in [0.1, 0.15) is 5.01 Å². The van der Waals surface area contributed by atoms with Crippen molar-refractivity contribution in [3.8, 4) is 32.5 Å². The van der Waals surface area contributed by atoms with Crippen LogP contribution in [0.4, 0.5) is 0 Å². The van der Waals surface area contributed by atoms with E-state index in [9.17, 15) is 8.42 Å². The Labute approximate surface area is 198 Å². The summed E-state index contributed by atoms with van der Waals surface area (Å²) in [6.07, 6.45) is 0. The fourth-order valence-corrected chi connectivity index (χ4v) is 5.91. The summed E-state index contributed by atoms with van der Waals surface area (Å²) in [6.45, 7) is 2.00. The number of nitrogens with zero attached hydrogens (tertiary/aromatic N) is 3. The van der Waals surface area contributed by atoms with E-state index in [1.54, 1.807) is 40.9 Å². The summed E-state index contributed by atoms with van der Waals surface area (Å²) < 4.78 is 32.4. The Morgan fingerprint density at radius 3 is 2.42 bits per heavy atom. The number of hydrogen-bond donors (Lipinski definition) is 1. The van der Waals surface area contributed by atoms with Crippen molar-refractivity contribution in [3.63, 3.8) is 0 Å². The fraction of sp³-hybridized carbons (Fsp3) is 0.0870. The van der Waals surface area contributed by atoms with Crippen molar-refractivity contribution in [1.82, 2.24) is 19.8 Å². The SMILES string of the molecule is Cc1ccc(-c2nc(-c3ccc(-c4noc(CNS(=O)(=O)c5ccccc5)n4)cc3)cs2)s1. The monoisotopic (exact) mass is 494 g/mol. The van der Waals surface area contributed by atoms with Crippen LogP contribution in [0.1, 0.15) is 10.8 Å². The molecule has 0 atom stereocenters. The van der Waals surface area contributed by atoms with Crippen LogP contribution in [0.2, 0.25) is 0 Å². The molecule has 0 unspecified atom stereocenters. The summed E-state index contributed by atoms with van der Waals surface area (Å²) in [5.74, 6) is 0.576. The first-order valence-electron chi connectivity index (χ1n) is 9.98. The van der Waals surface area contributed by atoms with E-state index in [1.807, 2.05) is 29.6 Å². The van der Waals surface area contributed by atoms with Gasteiger partial charge >= 0.3 is 0 Å². The maximum absolute atomic E-state index is 12.3. The fourth-order valence-electron chi connectivity index (χ4n) is 3.14. The lowest BCUT2D eigenvalue weighted by Crippen LogP contribution is -2.23. The van der Waals surface area contributed by atoms with Crippen molar-refractivity contribution >= 4 is 32.7 Å². The summed E-state index contributed by atoms with van der Waals surface area (Å²) in [5, 5.41) is 7.03. The van der Waals surface area contributed by atoms with Crippen LogP contribution in [-0.4, -0.2) is 23.5 Å². The first kappa shape index (κ1) is 21.7. The van der Waals surface area contributed by atoms with Crippen LogP contribution in [-0.2, 0) is 16.6 Å². The van der Waals surface area contributed by atoms with E-state index >= 15 is 0 Å². The molecule has 5 aromatic rings. The lowest BCUT2D eigenvalue weighted by Gasteiger charge is -2.03. The molecule has 0 fully saturated rings. The van der Waals surface area contributed by atoms with Gasteiger partial charge in [0.2, 0.25) is 21.7 Å². The number of aryl methyl sites for hydroxylation is 1. The molecule has 166 valence electrons. The molecular formula is C23H18N4O3S3. The second-order valence-electron chi connectivity index (χ2n) is 7.17. The highest BCUT2D eigenvalue weighted by Crippen LogP contribution is 2.33. The van der Waals surface area contributed by atoms with Gasteiger partial charge in [-0.1, -0.05) is 47.6 Å². The number of sulfonamides is 1. The molecule has 0 radical (unpaired) electrons. The number of nitrogens with one attached hydrogen (secondary N) is 1. The molecule has 2 aromatic carbocycles. The second-order valence-corrected chi connectivity index (χ2v) is 11.1. The van der Waals surface area contributed by atoms with Gasteiger partial charge in [0.25, 0.3) is 0 Å². The summed E-state index contributed by atoms with van der Waals surface area (Å²) >= 11 is 3.36. The molecule has 0 spiro atoms. The van der Waals surface area contributed by atoms with Crippen LogP contribution in [0.5, 0.6) is 0 Å². The quantitative estimate of drug-likeness (QED) is 0.326. The van der Waals surface area contributed by atoms with Gasteiger partial charge in [-0.15, -0.1) is 22.7 Å². The molecule has 7 nitrogen and oxygen atoms in total. The predicted octanol–water partition coefficient (Wildman–Crippen LogP) is 5.38. The smallest absolute Gasteiger partial charge is 0.242 e. The van der Waals surface area contributed by atoms with E-state index in [1.165, 1.54) is 21.9 Å². The molecule has 0 aliphatic carbocycles. The van der Waals surface area contributed by atoms with E-state index in [4.69, 9.17) is 9.51 Å². The van der Waals surface area contributed by atoms with Crippen LogP contribution in [0, 0.1) is 6.92 Å². The van der Waals surface area contributed by atoms with Gasteiger partial charge in [0.05, 0.1) is 22.0 Å². The average molecular weight is 495 g/mol. The van der Waals surface area contributed by atoms with Crippen LogP contribution in [0.25, 0.3) is 32.5 Å². The number of benzene rings is 2. The van der Waals surface area contributed by atoms with Crippen molar-refractivity contribution in [2.75, 3.05) is 0 Å². The number of hydrogen-bond acceptors (Lipinski definition) is 8. The number of aromatic nitrogens is 3. The van der Waals surface area contributed by atoms with Gasteiger partial charge in [-0.25, -0.2) is 18.1 Å². The van der Waals surface area contributed by atoms with Gasteiger partial charge in [0, 0.05) is 21.4 Å². The first-order valence-corrected chi connectivity index (χ1v) is 13.2. The number of rotatable bonds is 7. The average Bonchev–Trinajstić information content (AvgIpc) is 3.59. The van der Waals surface area contributed by atoms with Crippen LogP contribution in [0.15, 0.2) is 81.5 Å². The van der Waals surface area contributed by atoms with Crippen LogP contribution >= 0.6 is 22.7 Å². The minimum Gasteiger partial charge on any atom is -0.338 e. The van der Waals surface area contributed by atoms with Crippen molar-refractivity contribution in [1.29, 1.82) is 0 Å². The van der Waals surface area contributed by atoms with E-state index < -0.39 is 10.0 Å². The molecule has 5 rings (SSSR count). The molecule has 0 saturated carbocycles. The van der Waals surface area contributed by atoms with Crippen molar-refractivity contribution in [2.45, 2.75) is 18.4 Å². The first-order chi connectivity index (χ1) is 16.0. The van der Waals surface area contributed by atoms with Gasteiger partial charge in [-0.05, 0) is 31.2 Å². The third-order valence-corrected chi connectivity index (χ3v) is 8.26. The molecule has 10 heteroatoms. The molecule has 33 heavy (non-hydrogen) atoms. The van der Waals surface area contributed by atoms with Crippen LogP contribution in [0.3, 0.4) is 0 Å². The lowest BCUT2D eigenvalue weighted by atomic mass is 10.1. The molecule has 3 aromatic heterocycles. The topological polar surface area (TPSA) is 98.0 Å². The molecule has 0 aliphatic heterocycles.